The van der Waals surface area contributed by atoms with Crippen LogP contribution in [-0.4, -0.2) is 43.3 Å². The number of methoxy groups -OCH3 is 1. The van der Waals surface area contributed by atoms with Crippen molar-refractivity contribution in [3.63, 3.8) is 0 Å². The Hall–Kier alpha value is -2.90. The SMILES string of the molecule is CCOc1ccc(N2C(=O)[C@@H]3C(C(=O)OC)=NN[C@@H]3C2=O)cc1. The lowest BCUT2D eigenvalue weighted by Crippen LogP contribution is -2.36. The summed E-state index contributed by atoms with van der Waals surface area (Å²) in [6.45, 7) is 2.38. The van der Waals surface area contributed by atoms with E-state index in [1.807, 2.05) is 6.92 Å². The van der Waals surface area contributed by atoms with Crippen molar-refractivity contribution < 1.29 is 23.9 Å². The van der Waals surface area contributed by atoms with E-state index >= 15 is 0 Å². The van der Waals surface area contributed by atoms with Crippen LogP contribution < -0.4 is 15.1 Å². The van der Waals surface area contributed by atoms with Crippen LogP contribution in [0.15, 0.2) is 29.4 Å². The van der Waals surface area contributed by atoms with Gasteiger partial charge in [0.15, 0.2) is 5.71 Å². The maximum atomic E-state index is 12.6. The van der Waals surface area contributed by atoms with E-state index in [0.29, 0.717) is 18.0 Å². The van der Waals surface area contributed by atoms with Crippen molar-refractivity contribution in [2.75, 3.05) is 18.6 Å². The first kappa shape index (κ1) is 15.0. The summed E-state index contributed by atoms with van der Waals surface area (Å²) >= 11 is 0. The van der Waals surface area contributed by atoms with Gasteiger partial charge < -0.3 is 9.47 Å². The molecule has 8 heteroatoms. The normalized spacial score (nSPS) is 22.5. The maximum absolute atomic E-state index is 12.6. The topological polar surface area (TPSA) is 97.3 Å². The lowest BCUT2D eigenvalue weighted by Gasteiger charge is -2.16. The predicted octanol–water partition coefficient (Wildman–Crippen LogP) is 0.0755. The van der Waals surface area contributed by atoms with Crippen LogP contribution in [0.4, 0.5) is 5.69 Å². The molecule has 1 aromatic carbocycles. The number of carbonyl (C=O) groups is 3. The molecule has 0 aliphatic carbocycles. The second-order valence-electron chi connectivity index (χ2n) is 5.01. The molecule has 2 heterocycles. The first-order chi connectivity index (χ1) is 11.1. The van der Waals surface area contributed by atoms with Crippen LogP contribution in [0.2, 0.25) is 0 Å². The summed E-state index contributed by atoms with van der Waals surface area (Å²) in [5.41, 5.74) is 2.89. The van der Waals surface area contributed by atoms with Gasteiger partial charge in [-0.3, -0.25) is 15.0 Å². The summed E-state index contributed by atoms with van der Waals surface area (Å²) in [4.78, 5) is 37.8. The number of rotatable bonds is 4. The minimum atomic E-state index is -0.957. The summed E-state index contributed by atoms with van der Waals surface area (Å²) in [6, 6.07) is 5.73. The molecule has 0 unspecified atom stereocenters. The van der Waals surface area contributed by atoms with Gasteiger partial charge in [0.25, 0.3) is 5.91 Å². The van der Waals surface area contributed by atoms with Crippen LogP contribution in [0, 0.1) is 5.92 Å². The van der Waals surface area contributed by atoms with Crippen molar-refractivity contribution in [3.05, 3.63) is 24.3 Å². The van der Waals surface area contributed by atoms with Crippen LogP contribution in [0.25, 0.3) is 0 Å². The molecule has 1 fully saturated rings. The van der Waals surface area contributed by atoms with Crippen molar-refractivity contribution >= 4 is 29.2 Å². The van der Waals surface area contributed by atoms with E-state index in [4.69, 9.17) is 4.74 Å². The fourth-order valence-electron chi connectivity index (χ4n) is 2.67. The van der Waals surface area contributed by atoms with Gasteiger partial charge in [-0.2, -0.15) is 5.10 Å². The van der Waals surface area contributed by atoms with Crippen molar-refractivity contribution in [2.45, 2.75) is 13.0 Å². The third kappa shape index (κ3) is 2.32. The average molecular weight is 317 g/mol. The molecule has 120 valence electrons. The molecule has 8 nitrogen and oxygen atoms in total. The van der Waals surface area contributed by atoms with Crippen LogP contribution >= 0.6 is 0 Å². The third-order valence-corrected chi connectivity index (χ3v) is 3.73. The number of hydrogen-bond acceptors (Lipinski definition) is 7. The zero-order valence-electron chi connectivity index (χ0n) is 12.6. The van der Waals surface area contributed by atoms with Crippen molar-refractivity contribution in [2.24, 2.45) is 11.0 Å². The number of amides is 2. The first-order valence-electron chi connectivity index (χ1n) is 7.10. The zero-order valence-corrected chi connectivity index (χ0v) is 12.6. The number of ether oxygens (including phenoxy) is 2. The first-order valence-corrected chi connectivity index (χ1v) is 7.10. The van der Waals surface area contributed by atoms with Gasteiger partial charge in [0.1, 0.15) is 17.7 Å². The summed E-state index contributed by atoms with van der Waals surface area (Å²) in [5.74, 6) is -1.99. The summed E-state index contributed by atoms with van der Waals surface area (Å²) in [7, 11) is 1.20. The van der Waals surface area contributed by atoms with Gasteiger partial charge >= 0.3 is 5.97 Å². The average Bonchev–Trinajstić information content (AvgIpc) is 3.09. The molecule has 2 amide bonds. The monoisotopic (exact) mass is 317 g/mol. The Labute approximate surface area is 132 Å². The number of hydrogen-bond donors (Lipinski definition) is 1. The summed E-state index contributed by atoms with van der Waals surface area (Å²) in [6.07, 6.45) is 0. The molecule has 1 N–H and O–H groups in total. The Morgan fingerprint density at radius 2 is 1.96 bits per heavy atom. The van der Waals surface area contributed by atoms with E-state index in [0.717, 1.165) is 4.90 Å². The van der Waals surface area contributed by atoms with Crippen molar-refractivity contribution in [3.8, 4) is 5.75 Å². The molecular weight excluding hydrogens is 302 g/mol. The Bertz CT molecular complexity index is 698. The Kier molecular flexibility index (Phi) is 3.73. The largest absolute Gasteiger partial charge is 0.494 e. The number of carbonyl (C=O) groups excluding carboxylic acids is 3. The second-order valence-corrected chi connectivity index (χ2v) is 5.01. The van der Waals surface area contributed by atoms with E-state index in [-0.39, 0.29) is 5.71 Å². The number of benzene rings is 1. The standard InChI is InChI=1S/C15H15N3O5/c1-3-23-9-6-4-8(5-7-9)18-13(19)10-11(14(18)20)16-17-12(10)15(21)22-2/h4-7,10-11,16H,3H2,1-2H3/t10-,11-/m0/s1. The third-order valence-electron chi connectivity index (χ3n) is 3.73. The van der Waals surface area contributed by atoms with Gasteiger partial charge in [-0.15, -0.1) is 0 Å². The number of nitrogens with one attached hydrogen (secondary N) is 1. The lowest BCUT2D eigenvalue weighted by atomic mass is 9.99. The molecule has 3 rings (SSSR count). The van der Waals surface area contributed by atoms with Crippen LogP contribution in [0.1, 0.15) is 6.92 Å². The molecule has 1 aromatic rings. The molecule has 1 saturated heterocycles. The highest BCUT2D eigenvalue weighted by atomic mass is 16.5. The molecule has 0 saturated carbocycles. The quantitative estimate of drug-likeness (QED) is 0.624. The van der Waals surface area contributed by atoms with E-state index in [9.17, 15) is 14.4 Å². The van der Waals surface area contributed by atoms with Gasteiger partial charge in [0, 0.05) is 0 Å². The van der Waals surface area contributed by atoms with E-state index in [1.165, 1.54) is 7.11 Å². The molecule has 2 atom stereocenters. The number of nitrogens with zero attached hydrogens (tertiary/aromatic N) is 2. The molecule has 2 aliphatic rings. The van der Waals surface area contributed by atoms with Crippen molar-refractivity contribution in [1.29, 1.82) is 0 Å². The smallest absolute Gasteiger partial charge is 0.355 e. The molecular formula is C15H15N3O5. The van der Waals surface area contributed by atoms with E-state index in [1.54, 1.807) is 24.3 Å². The van der Waals surface area contributed by atoms with Gasteiger partial charge in [-0.25, -0.2) is 9.69 Å². The van der Waals surface area contributed by atoms with E-state index < -0.39 is 29.7 Å². The highest BCUT2D eigenvalue weighted by Crippen LogP contribution is 2.31. The zero-order chi connectivity index (χ0) is 16.6. The van der Waals surface area contributed by atoms with Crippen LogP contribution in [-0.2, 0) is 19.1 Å². The molecule has 0 bridgehead atoms. The van der Waals surface area contributed by atoms with Crippen LogP contribution in [0.5, 0.6) is 5.75 Å². The van der Waals surface area contributed by atoms with Crippen LogP contribution in [0.3, 0.4) is 0 Å². The Morgan fingerprint density at radius 3 is 2.57 bits per heavy atom. The molecule has 2 aliphatic heterocycles. The molecule has 0 spiro atoms. The molecule has 23 heavy (non-hydrogen) atoms. The molecule has 0 radical (unpaired) electrons. The fourth-order valence-corrected chi connectivity index (χ4v) is 2.67. The van der Waals surface area contributed by atoms with Gasteiger partial charge in [-0.1, -0.05) is 0 Å². The number of anilines is 1. The minimum absolute atomic E-state index is 0.0794. The lowest BCUT2D eigenvalue weighted by molar-refractivity contribution is -0.133. The fraction of sp³-hybridized carbons (Fsp3) is 0.333. The highest BCUT2D eigenvalue weighted by molar-refractivity contribution is 6.46. The minimum Gasteiger partial charge on any atom is -0.494 e. The number of esters is 1. The van der Waals surface area contributed by atoms with Gasteiger partial charge in [0.05, 0.1) is 19.4 Å². The summed E-state index contributed by atoms with van der Waals surface area (Å²) in [5, 5.41) is 3.76. The second kappa shape index (κ2) is 5.71. The number of fused-ring (bicyclic) bond motifs is 1. The summed E-state index contributed by atoms with van der Waals surface area (Å²) < 4.78 is 9.93. The Balaban J connectivity index is 1.88. The van der Waals surface area contributed by atoms with E-state index in [2.05, 4.69) is 15.3 Å². The Morgan fingerprint density at radius 1 is 1.26 bits per heavy atom. The highest BCUT2D eigenvalue weighted by Gasteiger charge is 2.55. The van der Waals surface area contributed by atoms with Gasteiger partial charge in [0.2, 0.25) is 5.91 Å². The maximum Gasteiger partial charge on any atom is 0.355 e. The van der Waals surface area contributed by atoms with Crippen molar-refractivity contribution in [1.82, 2.24) is 5.43 Å². The number of imide groups is 1. The van der Waals surface area contributed by atoms with Gasteiger partial charge in [-0.05, 0) is 31.2 Å². The number of hydrazone groups is 1. The predicted molar refractivity (Wildman–Crippen MR) is 80.0 cm³/mol. The molecule has 0 aromatic heterocycles.